The van der Waals surface area contributed by atoms with Crippen molar-refractivity contribution >= 4 is 36.8 Å². The Kier molecular flexibility index (Phi) is 7.56. The first-order valence-corrected chi connectivity index (χ1v) is 11.0. The zero-order valence-corrected chi connectivity index (χ0v) is 19.1. The maximum atomic E-state index is 13.1. The minimum Gasteiger partial charge on any atom is -0.382 e. The molecule has 3 aromatic rings. The molecule has 1 saturated heterocycles. The summed E-state index contributed by atoms with van der Waals surface area (Å²) in [4.78, 5) is 30.2. The van der Waals surface area contributed by atoms with Crippen LogP contribution in [0.1, 0.15) is 10.5 Å². The van der Waals surface area contributed by atoms with Crippen LogP contribution in [0, 0.1) is 0 Å². The standard InChI is InChI=1S/C23H27BN8O2/c1-31(9-8-28-24)17-4-2-16(3-5-17)18-15-27-22(25)21(29-18)23(33)30-19-14-26-7-6-20(19)32-10-12-34-13-11-32/h2-7,14-15,28H,8-13H2,1H3,(H2,25,27)(H,30,33). The number of nitrogens with one attached hydrogen (secondary N) is 2. The lowest BCUT2D eigenvalue weighted by molar-refractivity contribution is 0.102. The Labute approximate surface area is 200 Å². The Morgan fingerprint density at radius 2 is 1.97 bits per heavy atom. The number of morpholine rings is 1. The summed E-state index contributed by atoms with van der Waals surface area (Å²) in [6, 6.07) is 9.69. The van der Waals surface area contributed by atoms with Gasteiger partial charge in [0.1, 0.15) is 0 Å². The molecule has 0 atom stereocenters. The van der Waals surface area contributed by atoms with Gasteiger partial charge in [0.15, 0.2) is 19.5 Å². The first-order chi connectivity index (χ1) is 16.6. The van der Waals surface area contributed by atoms with Crippen molar-refractivity contribution in [3.05, 3.63) is 54.6 Å². The summed E-state index contributed by atoms with van der Waals surface area (Å²) in [6.07, 6.45) is 4.88. The van der Waals surface area contributed by atoms with Crippen molar-refractivity contribution in [3.8, 4) is 11.3 Å². The van der Waals surface area contributed by atoms with Gasteiger partial charge < -0.3 is 30.8 Å². The monoisotopic (exact) mass is 458 g/mol. The van der Waals surface area contributed by atoms with Crippen molar-refractivity contribution < 1.29 is 9.53 Å². The molecular formula is C23H27BN8O2. The van der Waals surface area contributed by atoms with Gasteiger partial charge in [-0.05, 0) is 18.2 Å². The highest BCUT2D eigenvalue weighted by Gasteiger charge is 2.20. The van der Waals surface area contributed by atoms with Gasteiger partial charge in [0.05, 0.1) is 42.7 Å². The van der Waals surface area contributed by atoms with Gasteiger partial charge in [-0.1, -0.05) is 12.1 Å². The maximum Gasteiger partial charge on any atom is 0.278 e. The molecule has 0 spiro atoms. The van der Waals surface area contributed by atoms with E-state index in [1.54, 1.807) is 18.6 Å². The van der Waals surface area contributed by atoms with E-state index in [1.165, 1.54) is 0 Å². The van der Waals surface area contributed by atoms with Gasteiger partial charge in [0, 0.05) is 50.7 Å². The van der Waals surface area contributed by atoms with E-state index in [-0.39, 0.29) is 11.5 Å². The van der Waals surface area contributed by atoms with Gasteiger partial charge in [-0.3, -0.25) is 9.78 Å². The van der Waals surface area contributed by atoms with Crippen molar-refractivity contribution in [1.82, 2.24) is 20.2 Å². The van der Waals surface area contributed by atoms with Crippen molar-refractivity contribution in [2.45, 2.75) is 0 Å². The zero-order valence-electron chi connectivity index (χ0n) is 19.1. The van der Waals surface area contributed by atoms with Gasteiger partial charge in [0.2, 0.25) is 0 Å². The lowest BCUT2D eigenvalue weighted by Crippen LogP contribution is -2.36. The summed E-state index contributed by atoms with van der Waals surface area (Å²) in [7, 11) is 7.34. The van der Waals surface area contributed by atoms with Crippen LogP contribution < -0.4 is 26.1 Å². The number of pyridine rings is 1. The molecule has 2 aromatic heterocycles. The van der Waals surface area contributed by atoms with Gasteiger partial charge in [0.25, 0.3) is 5.91 Å². The van der Waals surface area contributed by atoms with Crippen molar-refractivity contribution in [2.75, 3.05) is 67.3 Å². The second kappa shape index (κ2) is 10.9. The fraction of sp³-hybridized carbons (Fsp3) is 0.304. The van der Waals surface area contributed by atoms with E-state index >= 15 is 0 Å². The van der Waals surface area contributed by atoms with Crippen molar-refractivity contribution in [2.24, 2.45) is 0 Å². The predicted octanol–water partition coefficient (Wildman–Crippen LogP) is 1.32. The average molecular weight is 458 g/mol. The van der Waals surface area contributed by atoms with Gasteiger partial charge >= 0.3 is 0 Å². The third-order valence-electron chi connectivity index (χ3n) is 5.61. The number of carbonyl (C=O) groups is 1. The number of anilines is 4. The number of hydrogen-bond acceptors (Lipinski definition) is 9. The fourth-order valence-electron chi connectivity index (χ4n) is 3.70. The molecule has 34 heavy (non-hydrogen) atoms. The lowest BCUT2D eigenvalue weighted by atomic mass is 10.1. The van der Waals surface area contributed by atoms with Crippen LogP contribution in [-0.4, -0.2) is 75.3 Å². The summed E-state index contributed by atoms with van der Waals surface area (Å²) in [5.74, 6) is -0.385. The number of rotatable bonds is 8. The molecule has 1 aliphatic heterocycles. The second-order valence-electron chi connectivity index (χ2n) is 7.86. The number of nitrogens with two attached hydrogens (primary N) is 1. The molecule has 0 bridgehead atoms. The number of amides is 1. The molecule has 0 saturated carbocycles. The van der Waals surface area contributed by atoms with Gasteiger partial charge in [-0.15, -0.1) is 0 Å². The maximum absolute atomic E-state index is 13.1. The van der Waals surface area contributed by atoms with E-state index in [2.05, 4.69) is 35.3 Å². The number of likely N-dealkylation sites (N-methyl/N-ethyl adjacent to an activating group) is 1. The second-order valence-corrected chi connectivity index (χ2v) is 7.86. The van der Waals surface area contributed by atoms with Crippen LogP contribution in [0.5, 0.6) is 0 Å². The van der Waals surface area contributed by atoms with Gasteiger partial charge in [-0.25, -0.2) is 9.97 Å². The van der Waals surface area contributed by atoms with Crippen LogP contribution in [0.25, 0.3) is 11.3 Å². The van der Waals surface area contributed by atoms with E-state index in [4.69, 9.17) is 18.5 Å². The topological polar surface area (TPSA) is 122 Å². The fourth-order valence-corrected chi connectivity index (χ4v) is 3.70. The third kappa shape index (κ3) is 5.44. The van der Waals surface area contributed by atoms with Gasteiger partial charge in [-0.2, -0.15) is 0 Å². The number of benzene rings is 1. The molecule has 1 fully saturated rings. The Balaban J connectivity index is 1.53. The number of hydrogen-bond donors (Lipinski definition) is 3. The third-order valence-corrected chi connectivity index (χ3v) is 5.61. The minimum absolute atomic E-state index is 0.0590. The Morgan fingerprint density at radius 3 is 2.71 bits per heavy atom. The smallest absolute Gasteiger partial charge is 0.278 e. The molecule has 4 rings (SSSR count). The summed E-state index contributed by atoms with van der Waals surface area (Å²) in [6.45, 7) is 4.17. The van der Waals surface area contributed by atoms with Crippen LogP contribution in [0.2, 0.25) is 0 Å². The highest BCUT2D eigenvalue weighted by molar-refractivity contribution is 6.07. The molecule has 11 heteroatoms. The largest absolute Gasteiger partial charge is 0.382 e. The van der Waals surface area contributed by atoms with Crippen LogP contribution in [-0.2, 0) is 4.74 Å². The summed E-state index contributed by atoms with van der Waals surface area (Å²) >= 11 is 0. The molecule has 0 unspecified atom stereocenters. The highest BCUT2D eigenvalue weighted by atomic mass is 16.5. The van der Waals surface area contributed by atoms with E-state index in [0.717, 1.165) is 36.6 Å². The molecule has 3 heterocycles. The lowest BCUT2D eigenvalue weighted by Gasteiger charge is -2.30. The van der Waals surface area contributed by atoms with Crippen LogP contribution in [0.3, 0.4) is 0 Å². The van der Waals surface area contributed by atoms with Crippen molar-refractivity contribution in [1.29, 1.82) is 0 Å². The first kappa shape index (κ1) is 23.5. The summed E-state index contributed by atoms with van der Waals surface area (Å²) in [5.41, 5.74) is 9.94. The van der Waals surface area contributed by atoms with Crippen LogP contribution >= 0.6 is 0 Å². The molecule has 1 aliphatic rings. The number of carbonyl (C=O) groups excluding carboxylic acids is 1. The van der Waals surface area contributed by atoms with Crippen LogP contribution in [0.15, 0.2) is 48.9 Å². The van der Waals surface area contributed by atoms with E-state index in [1.807, 2.05) is 37.4 Å². The number of nitrogens with zero attached hydrogens (tertiary/aromatic N) is 5. The molecule has 4 N–H and O–H groups in total. The molecule has 0 aliphatic carbocycles. The number of aromatic nitrogens is 3. The van der Waals surface area contributed by atoms with E-state index in [9.17, 15) is 4.79 Å². The Bertz CT molecular complexity index is 1120. The quantitative estimate of drug-likeness (QED) is 0.429. The molecule has 1 amide bonds. The van der Waals surface area contributed by atoms with E-state index in [0.29, 0.717) is 31.1 Å². The first-order valence-electron chi connectivity index (χ1n) is 11.0. The minimum atomic E-state index is -0.444. The molecule has 10 nitrogen and oxygen atoms in total. The van der Waals surface area contributed by atoms with Crippen LogP contribution in [0.4, 0.5) is 22.9 Å². The highest BCUT2D eigenvalue weighted by Crippen LogP contribution is 2.27. The Hall–Kier alpha value is -3.70. The average Bonchev–Trinajstić information content (AvgIpc) is 2.88. The zero-order chi connectivity index (χ0) is 23.9. The summed E-state index contributed by atoms with van der Waals surface area (Å²) < 4.78 is 5.43. The molecule has 1 aromatic carbocycles. The molecular weight excluding hydrogens is 431 g/mol. The number of ether oxygens (including phenoxy) is 1. The summed E-state index contributed by atoms with van der Waals surface area (Å²) in [5, 5.41) is 5.54. The number of nitrogen functional groups attached to an aromatic ring is 1. The predicted molar refractivity (Wildman–Crippen MR) is 134 cm³/mol. The normalized spacial score (nSPS) is 13.5. The molecule has 2 radical (unpaired) electrons. The molecule has 174 valence electrons. The Morgan fingerprint density at radius 1 is 1.21 bits per heavy atom. The van der Waals surface area contributed by atoms with Crippen molar-refractivity contribution in [3.63, 3.8) is 0 Å². The van der Waals surface area contributed by atoms with E-state index < -0.39 is 5.91 Å². The SMILES string of the molecule is [B]NCCN(C)c1ccc(-c2cnc(N)c(C(=O)Nc3cnccc3N3CCOCC3)n2)cc1.